The Hall–Kier alpha value is -0.160. The summed E-state index contributed by atoms with van der Waals surface area (Å²) in [5.74, 6) is 0. The summed E-state index contributed by atoms with van der Waals surface area (Å²) in [5.41, 5.74) is 5.93. The molecule has 2 aliphatic heterocycles. The van der Waals surface area contributed by atoms with Gasteiger partial charge in [0.05, 0.1) is 0 Å². The molecule has 0 amide bonds. The lowest BCUT2D eigenvalue weighted by atomic mass is 10.1. The molecule has 106 valence electrons. The molecule has 2 saturated heterocycles. The number of likely N-dealkylation sites (N-methyl/N-ethyl adjacent to an activating group) is 2. The van der Waals surface area contributed by atoms with Crippen LogP contribution < -0.4 is 5.73 Å². The Labute approximate surface area is 112 Å². The molecule has 0 radical (unpaired) electrons. The van der Waals surface area contributed by atoms with Gasteiger partial charge < -0.3 is 20.4 Å². The van der Waals surface area contributed by atoms with Crippen molar-refractivity contribution in [2.45, 2.75) is 37.8 Å². The van der Waals surface area contributed by atoms with E-state index in [1.54, 1.807) is 0 Å². The van der Waals surface area contributed by atoms with Crippen molar-refractivity contribution in [3.63, 3.8) is 0 Å². The number of nitrogens with zero attached hydrogens (tertiary/aromatic N) is 3. The average Bonchev–Trinajstić information content (AvgIpc) is 2.74. The lowest BCUT2D eigenvalue weighted by Gasteiger charge is -2.32. The van der Waals surface area contributed by atoms with E-state index < -0.39 is 0 Å². The van der Waals surface area contributed by atoms with Crippen molar-refractivity contribution in [1.29, 1.82) is 0 Å². The predicted molar refractivity (Wildman–Crippen MR) is 76.8 cm³/mol. The van der Waals surface area contributed by atoms with Crippen molar-refractivity contribution in [3.05, 3.63) is 0 Å². The van der Waals surface area contributed by atoms with Gasteiger partial charge in [-0.15, -0.1) is 0 Å². The van der Waals surface area contributed by atoms with Crippen molar-refractivity contribution < 1.29 is 0 Å². The first kappa shape index (κ1) is 14.3. The van der Waals surface area contributed by atoms with E-state index in [0.29, 0.717) is 6.04 Å². The molecule has 2 aliphatic rings. The number of piperidine rings is 1. The minimum Gasteiger partial charge on any atom is -0.328 e. The van der Waals surface area contributed by atoms with Crippen LogP contribution in [0.1, 0.15) is 25.7 Å². The molecule has 2 fully saturated rings. The van der Waals surface area contributed by atoms with E-state index in [1.807, 2.05) is 0 Å². The molecular formula is C14H30N4. The average molecular weight is 254 g/mol. The topological polar surface area (TPSA) is 35.7 Å². The monoisotopic (exact) mass is 254 g/mol. The second kappa shape index (κ2) is 6.85. The second-order valence-corrected chi connectivity index (χ2v) is 6.22. The van der Waals surface area contributed by atoms with E-state index in [-0.39, 0.29) is 0 Å². The summed E-state index contributed by atoms with van der Waals surface area (Å²) in [6.45, 7) is 7.29. The molecule has 0 aromatic carbocycles. The van der Waals surface area contributed by atoms with E-state index in [0.717, 1.165) is 6.04 Å². The number of nitrogens with two attached hydrogens (primary N) is 1. The smallest absolute Gasteiger partial charge is 0.0220 e. The maximum atomic E-state index is 5.93. The zero-order valence-corrected chi connectivity index (χ0v) is 12.1. The summed E-state index contributed by atoms with van der Waals surface area (Å²) in [7, 11) is 4.53. The highest BCUT2D eigenvalue weighted by Gasteiger charge is 2.22. The summed E-state index contributed by atoms with van der Waals surface area (Å²) in [5, 5.41) is 0. The van der Waals surface area contributed by atoms with Gasteiger partial charge >= 0.3 is 0 Å². The van der Waals surface area contributed by atoms with Gasteiger partial charge in [0, 0.05) is 31.7 Å². The molecule has 1 unspecified atom stereocenters. The van der Waals surface area contributed by atoms with Gasteiger partial charge in [0.25, 0.3) is 0 Å². The molecule has 4 nitrogen and oxygen atoms in total. The van der Waals surface area contributed by atoms with E-state index >= 15 is 0 Å². The van der Waals surface area contributed by atoms with Crippen LogP contribution in [0.2, 0.25) is 0 Å². The van der Waals surface area contributed by atoms with Gasteiger partial charge in [0.1, 0.15) is 0 Å². The molecule has 18 heavy (non-hydrogen) atoms. The van der Waals surface area contributed by atoms with Crippen LogP contribution in [0.5, 0.6) is 0 Å². The zero-order valence-electron chi connectivity index (χ0n) is 12.1. The minimum atomic E-state index is 0.450. The normalized spacial score (nSPS) is 28.3. The third-order valence-electron chi connectivity index (χ3n) is 4.62. The quantitative estimate of drug-likeness (QED) is 0.772. The van der Waals surface area contributed by atoms with E-state index in [4.69, 9.17) is 5.73 Å². The van der Waals surface area contributed by atoms with Gasteiger partial charge in [-0.3, -0.25) is 0 Å². The van der Waals surface area contributed by atoms with Crippen molar-refractivity contribution in [1.82, 2.24) is 14.7 Å². The van der Waals surface area contributed by atoms with Crippen LogP contribution in [0.4, 0.5) is 0 Å². The van der Waals surface area contributed by atoms with Crippen LogP contribution in [-0.4, -0.2) is 80.1 Å². The fourth-order valence-corrected chi connectivity index (χ4v) is 3.15. The Bertz CT molecular complexity index is 238. The first-order chi connectivity index (χ1) is 8.65. The van der Waals surface area contributed by atoms with Crippen molar-refractivity contribution in [2.75, 3.05) is 53.4 Å². The van der Waals surface area contributed by atoms with E-state index in [1.165, 1.54) is 65.0 Å². The minimum absolute atomic E-state index is 0.450. The highest BCUT2D eigenvalue weighted by atomic mass is 15.2. The lowest BCUT2D eigenvalue weighted by Crippen LogP contribution is -2.44. The van der Waals surface area contributed by atoms with Crippen LogP contribution >= 0.6 is 0 Å². The third-order valence-corrected chi connectivity index (χ3v) is 4.62. The summed E-state index contributed by atoms with van der Waals surface area (Å²) in [4.78, 5) is 7.58. The van der Waals surface area contributed by atoms with Gasteiger partial charge in [-0.1, -0.05) is 0 Å². The molecule has 0 saturated carbocycles. The fraction of sp³-hybridized carbons (Fsp3) is 1.00. The Morgan fingerprint density at radius 3 is 2.50 bits per heavy atom. The molecule has 2 heterocycles. The summed E-state index contributed by atoms with van der Waals surface area (Å²) >= 11 is 0. The van der Waals surface area contributed by atoms with Gasteiger partial charge in [-0.2, -0.15) is 0 Å². The second-order valence-electron chi connectivity index (χ2n) is 6.22. The van der Waals surface area contributed by atoms with Gasteiger partial charge in [-0.25, -0.2) is 0 Å². The standard InChI is InChI=1S/C14H30N4/c1-16(12-14-4-3-7-17(14)2)10-11-18-8-5-13(15)6-9-18/h13-14H,3-12,15H2,1-2H3. The molecule has 0 spiro atoms. The fourth-order valence-electron chi connectivity index (χ4n) is 3.15. The van der Waals surface area contributed by atoms with Crippen LogP contribution in [0.3, 0.4) is 0 Å². The molecule has 2 rings (SSSR count). The first-order valence-electron chi connectivity index (χ1n) is 7.52. The zero-order chi connectivity index (χ0) is 13.0. The molecule has 2 N–H and O–H groups in total. The van der Waals surface area contributed by atoms with Crippen LogP contribution in [0, 0.1) is 0 Å². The first-order valence-corrected chi connectivity index (χ1v) is 7.52. The van der Waals surface area contributed by atoms with E-state index in [2.05, 4.69) is 28.8 Å². The summed E-state index contributed by atoms with van der Waals surface area (Å²) in [6, 6.07) is 1.23. The van der Waals surface area contributed by atoms with Crippen molar-refractivity contribution in [2.24, 2.45) is 5.73 Å². The van der Waals surface area contributed by atoms with Gasteiger partial charge in [-0.05, 0) is 59.4 Å². The molecule has 4 heteroatoms. The molecule has 1 atom stereocenters. The molecule has 0 aliphatic carbocycles. The van der Waals surface area contributed by atoms with Crippen LogP contribution in [0.15, 0.2) is 0 Å². The predicted octanol–water partition coefficient (Wildman–Crippen LogP) is 0.436. The number of rotatable bonds is 5. The Kier molecular flexibility index (Phi) is 5.42. The molecular weight excluding hydrogens is 224 g/mol. The third kappa shape index (κ3) is 4.19. The molecule has 0 aromatic heterocycles. The van der Waals surface area contributed by atoms with Gasteiger partial charge in [0.2, 0.25) is 0 Å². The van der Waals surface area contributed by atoms with Crippen molar-refractivity contribution >= 4 is 0 Å². The Morgan fingerprint density at radius 1 is 1.17 bits per heavy atom. The highest BCUT2D eigenvalue weighted by molar-refractivity contribution is 4.79. The Balaban J connectivity index is 1.61. The van der Waals surface area contributed by atoms with Gasteiger partial charge in [0.15, 0.2) is 0 Å². The van der Waals surface area contributed by atoms with E-state index in [9.17, 15) is 0 Å². The SMILES string of the molecule is CN(CCN1CCC(N)CC1)CC1CCCN1C. The largest absolute Gasteiger partial charge is 0.328 e. The number of likely N-dealkylation sites (tertiary alicyclic amines) is 2. The number of hydrogen-bond donors (Lipinski definition) is 1. The molecule has 0 bridgehead atoms. The maximum absolute atomic E-state index is 5.93. The van der Waals surface area contributed by atoms with Crippen molar-refractivity contribution in [3.8, 4) is 0 Å². The van der Waals surface area contributed by atoms with Crippen LogP contribution in [-0.2, 0) is 0 Å². The summed E-state index contributed by atoms with van der Waals surface area (Å²) < 4.78 is 0. The Morgan fingerprint density at radius 2 is 1.89 bits per heavy atom. The van der Waals surface area contributed by atoms with Crippen LogP contribution in [0.25, 0.3) is 0 Å². The highest BCUT2D eigenvalue weighted by Crippen LogP contribution is 2.15. The summed E-state index contributed by atoms with van der Waals surface area (Å²) in [6.07, 6.45) is 5.10. The lowest BCUT2D eigenvalue weighted by molar-refractivity contribution is 0.167. The maximum Gasteiger partial charge on any atom is 0.0220 e. The number of hydrogen-bond acceptors (Lipinski definition) is 4. The molecule has 0 aromatic rings.